The van der Waals surface area contributed by atoms with Crippen LogP contribution in [0, 0.1) is 6.92 Å². The standard InChI is InChI=1S/C8H13N3O2/c1-6-10-7(13-11-6)8(9-2)3-4-12-5-8/h9H,3-5H2,1-2H3. The highest BCUT2D eigenvalue weighted by Crippen LogP contribution is 2.28. The van der Waals surface area contributed by atoms with Gasteiger partial charge >= 0.3 is 0 Å². The highest BCUT2D eigenvalue weighted by molar-refractivity contribution is 5.05. The first-order valence-electron chi connectivity index (χ1n) is 4.34. The van der Waals surface area contributed by atoms with Gasteiger partial charge in [0.05, 0.1) is 6.61 Å². The molecule has 5 nitrogen and oxygen atoms in total. The first-order valence-corrected chi connectivity index (χ1v) is 4.34. The predicted octanol–water partition coefficient (Wildman–Crippen LogP) is 0.213. The molecule has 1 aliphatic heterocycles. The molecule has 13 heavy (non-hydrogen) atoms. The summed E-state index contributed by atoms with van der Waals surface area (Å²) in [4.78, 5) is 4.22. The molecule has 1 aromatic heterocycles. The Bertz CT molecular complexity index is 291. The number of hydrogen-bond acceptors (Lipinski definition) is 5. The number of aromatic nitrogens is 2. The van der Waals surface area contributed by atoms with Crippen molar-refractivity contribution < 1.29 is 9.26 Å². The Hall–Kier alpha value is -0.940. The van der Waals surface area contributed by atoms with E-state index in [1.165, 1.54) is 0 Å². The Balaban J connectivity index is 2.30. The van der Waals surface area contributed by atoms with Crippen molar-refractivity contribution >= 4 is 0 Å². The maximum atomic E-state index is 5.32. The second-order valence-electron chi connectivity index (χ2n) is 3.28. The average molecular weight is 183 g/mol. The molecule has 0 amide bonds. The largest absolute Gasteiger partial charge is 0.379 e. The third kappa shape index (κ3) is 1.34. The molecule has 1 fully saturated rings. The van der Waals surface area contributed by atoms with E-state index in [2.05, 4.69) is 15.5 Å². The minimum atomic E-state index is -0.263. The molecule has 0 bridgehead atoms. The number of ether oxygens (including phenoxy) is 1. The van der Waals surface area contributed by atoms with E-state index in [-0.39, 0.29) is 5.54 Å². The number of nitrogens with one attached hydrogen (secondary N) is 1. The molecule has 2 heterocycles. The van der Waals surface area contributed by atoms with Crippen LogP contribution in [0.1, 0.15) is 18.1 Å². The molecule has 1 N–H and O–H groups in total. The number of rotatable bonds is 2. The van der Waals surface area contributed by atoms with E-state index in [1.54, 1.807) is 0 Å². The van der Waals surface area contributed by atoms with Crippen LogP contribution in [-0.4, -0.2) is 30.4 Å². The van der Waals surface area contributed by atoms with Gasteiger partial charge in [0.25, 0.3) is 0 Å². The summed E-state index contributed by atoms with van der Waals surface area (Å²) < 4.78 is 10.5. The van der Waals surface area contributed by atoms with Gasteiger partial charge in [0.1, 0.15) is 5.54 Å². The highest BCUT2D eigenvalue weighted by Gasteiger charge is 2.40. The minimum Gasteiger partial charge on any atom is -0.379 e. The summed E-state index contributed by atoms with van der Waals surface area (Å²) in [6.45, 7) is 3.15. The summed E-state index contributed by atoms with van der Waals surface area (Å²) in [5.41, 5.74) is -0.263. The van der Waals surface area contributed by atoms with Gasteiger partial charge in [-0.1, -0.05) is 5.16 Å². The smallest absolute Gasteiger partial charge is 0.249 e. The number of likely N-dealkylation sites (N-methyl/N-ethyl adjacent to an activating group) is 1. The molecule has 1 unspecified atom stereocenters. The molecule has 72 valence electrons. The SMILES string of the molecule is CNC1(c2nc(C)no2)CCOC1. The van der Waals surface area contributed by atoms with Crippen LogP contribution in [0.5, 0.6) is 0 Å². The minimum absolute atomic E-state index is 0.263. The molecule has 0 spiro atoms. The Morgan fingerprint density at radius 2 is 2.38 bits per heavy atom. The zero-order valence-corrected chi connectivity index (χ0v) is 7.83. The van der Waals surface area contributed by atoms with E-state index >= 15 is 0 Å². The molecule has 1 atom stereocenters. The molecule has 0 aromatic carbocycles. The second kappa shape index (κ2) is 3.08. The molecule has 1 aliphatic rings. The zero-order chi connectivity index (χ0) is 9.31. The van der Waals surface area contributed by atoms with Gasteiger partial charge < -0.3 is 14.6 Å². The first kappa shape index (κ1) is 8.65. The molecular formula is C8H13N3O2. The summed E-state index contributed by atoms with van der Waals surface area (Å²) in [5.74, 6) is 1.29. The van der Waals surface area contributed by atoms with Gasteiger partial charge in [-0.3, -0.25) is 0 Å². The Morgan fingerprint density at radius 1 is 1.54 bits per heavy atom. The summed E-state index contributed by atoms with van der Waals surface area (Å²) in [5, 5.41) is 6.96. The van der Waals surface area contributed by atoms with Crippen LogP contribution >= 0.6 is 0 Å². The van der Waals surface area contributed by atoms with Gasteiger partial charge in [-0.05, 0) is 14.0 Å². The fourth-order valence-corrected chi connectivity index (χ4v) is 1.53. The van der Waals surface area contributed by atoms with Crippen molar-refractivity contribution in [2.75, 3.05) is 20.3 Å². The summed E-state index contributed by atoms with van der Waals surface area (Å²) >= 11 is 0. The number of aryl methyl sites for hydroxylation is 1. The van der Waals surface area contributed by atoms with Crippen molar-refractivity contribution in [1.29, 1.82) is 0 Å². The van der Waals surface area contributed by atoms with Crippen LogP contribution in [0.2, 0.25) is 0 Å². The molecule has 0 aliphatic carbocycles. The summed E-state index contributed by atoms with van der Waals surface area (Å²) in [7, 11) is 1.88. The summed E-state index contributed by atoms with van der Waals surface area (Å²) in [6.07, 6.45) is 0.880. The monoisotopic (exact) mass is 183 g/mol. The average Bonchev–Trinajstić information content (AvgIpc) is 2.73. The van der Waals surface area contributed by atoms with Crippen molar-refractivity contribution in [3.8, 4) is 0 Å². The van der Waals surface area contributed by atoms with Crippen LogP contribution in [0.3, 0.4) is 0 Å². The van der Waals surface area contributed by atoms with Crippen LogP contribution in [0.25, 0.3) is 0 Å². The van der Waals surface area contributed by atoms with E-state index in [4.69, 9.17) is 9.26 Å². The van der Waals surface area contributed by atoms with Crippen LogP contribution in [0.15, 0.2) is 4.52 Å². The maximum absolute atomic E-state index is 5.32. The van der Waals surface area contributed by atoms with E-state index < -0.39 is 0 Å². The van der Waals surface area contributed by atoms with E-state index in [0.29, 0.717) is 18.3 Å². The molecule has 2 rings (SSSR count). The van der Waals surface area contributed by atoms with Crippen molar-refractivity contribution in [1.82, 2.24) is 15.5 Å². The normalized spacial score (nSPS) is 28.2. The van der Waals surface area contributed by atoms with Gasteiger partial charge in [-0.2, -0.15) is 4.98 Å². The molecule has 0 saturated carbocycles. The molecule has 5 heteroatoms. The van der Waals surface area contributed by atoms with Crippen molar-refractivity contribution in [3.63, 3.8) is 0 Å². The van der Waals surface area contributed by atoms with Crippen LogP contribution in [-0.2, 0) is 10.3 Å². The zero-order valence-electron chi connectivity index (χ0n) is 7.83. The molecule has 1 saturated heterocycles. The van der Waals surface area contributed by atoms with Gasteiger partial charge in [-0.15, -0.1) is 0 Å². The Labute approximate surface area is 76.5 Å². The van der Waals surface area contributed by atoms with Crippen molar-refractivity contribution in [3.05, 3.63) is 11.7 Å². The van der Waals surface area contributed by atoms with Crippen molar-refractivity contribution in [2.45, 2.75) is 18.9 Å². The maximum Gasteiger partial charge on any atom is 0.249 e. The van der Waals surface area contributed by atoms with E-state index in [1.807, 2.05) is 14.0 Å². The number of hydrogen-bond donors (Lipinski definition) is 1. The quantitative estimate of drug-likeness (QED) is 0.710. The lowest BCUT2D eigenvalue weighted by Crippen LogP contribution is -2.40. The Kier molecular flexibility index (Phi) is 2.05. The van der Waals surface area contributed by atoms with Gasteiger partial charge in [0.15, 0.2) is 5.82 Å². The highest BCUT2D eigenvalue weighted by atomic mass is 16.5. The third-order valence-corrected chi connectivity index (χ3v) is 2.44. The predicted molar refractivity (Wildman–Crippen MR) is 45.2 cm³/mol. The van der Waals surface area contributed by atoms with E-state index in [9.17, 15) is 0 Å². The first-order chi connectivity index (χ1) is 6.27. The van der Waals surface area contributed by atoms with Gasteiger partial charge in [-0.25, -0.2) is 0 Å². The van der Waals surface area contributed by atoms with Gasteiger partial charge in [0.2, 0.25) is 5.89 Å². The third-order valence-electron chi connectivity index (χ3n) is 2.44. The topological polar surface area (TPSA) is 60.2 Å². The fourth-order valence-electron chi connectivity index (χ4n) is 1.53. The van der Waals surface area contributed by atoms with Gasteiger partial charge in [0, 0.05) is 13.0 Å². The fraction of sp³-hybridized carbons (Fsp3) is 0.750. The lowest BCUT2D eigenvalue weighted by molar-refractivity contribution is 0.152. The van der Waals surface area contributed by atoms with Crippen LogP contribution in [0.4, 0.5) is 0 Å². The molecule has 0 radical (unpaired) electrons. The molecule has 1 aromatic rings. The lowest BCUT2D eigenvalue weighted by atomic mass is 9.99. The lowest BCUT2D eigenvalue weighted by Gasteiger charge is -2.21. The Morgan fingerprint density at radius 3 is 2.85 bits per heavy atom. The second-order valence-corrected chi connectivity index (χ2v) is 3.28. The van der Waals surface area contributed by atoms with E-state index in [0.717, 1.165) is 13.0 Å². The summed E-state index contributed by atoms with van der Waals surface area (Å²) in [6, 6.07) is 0. The number of nitrogens with zero attached hydrogens (tertiary/aromatic N) is 2. The van der Waals surface area contributed by atoms with Crippen LogP contribution < -0.4 is 5.32 Å². The van der Waals surface area contributed by atoms with Crippen molar-refractivity contribution in [2.24, 2.45) is 0 Å². The molecular weight excluding hydrogens is 170 g/mol.